The van der Waals surface area contributed by atoms with Crippen LogP contribution >= 0.6 is 38.5 Å². The molecule has 1 aliphatic rings. The highest BCUT2D eigenvalue weighted by Crippen LogP contribution is 2.32. The molecular weight excluding hydrogens is 547 g/mol. The highest BCUT2D eigenvalue weighted by molar-refractivity contribution is 14.1. The molecule has 1 heterocycles. The van der Waals surface area contributed by atoms with Crippen LogP contribution in [-0.4, -0.2) is 22.3 Å². The van der Waals surface area contributed by atoms with Gasteiger partial charge in [0.25, 0.3) is 5.91 Å². The normalized spacial score (nSPS) is 13.3. The van der Waals surface area contributed by atoms with Crippen LogP contribution in [0.2, 0.25) is 0 Å². The summed E-state index contributed by atoms with van der Waals surface area (Å²) in [6, 6.07) is 11.7. The predicted octanol–water partition coefficient (Wildman–Crippen LogP) is 5.36. The van der Waals surface area contributed by atoms with E-state index in [1.54, 1.807) is 16.9 Å². The molecule has 1 aliphatic carbocycles. The Morgan fingerprint density at radius 1 is 1.31 bits per heavy atom. The maximum atomic E-state index is 12.8. The number of nitrogens with one attached hydrogen (secondary N) is 2. The number of rotatable bonds is 7. The van der Waals surface area contributed by atoms with Crippen molar-refractivity contribution in [3.8, 4) is 5.69 Å². The molecule has 1 amide bonds. The molecule has 29 heavy (non-hydrogen) atoms. The average Bonchev–Trinajstić information content (AvgIpc) is 3.35. The molecule has 0 saturated heterocycles. The number of nitrogens with zero attached hydrogens (tertiary/aromatic N) is 2. The number of anilines is 2. The van der Waals surface area contributed by atoms with E-state index in [0.29, 0.717) is 23.8 Å². The maximum Gasteiger partial charge on any atom is 0.276 e. The molecule has 0 unspecified atom stereocenters. The van der Waals surface area contributed by atoms with Crippen molar-refractivity contribution in [2.75, 3.05) is 11.9 Å². The number of benzene rings is 2. The van der Waals surface area contributed by atoms with Gasteiger partial charge in [-0.3, -0.25) is 9.63 Å². The molecule has 6 nitrogen and oxygen atoms in total. The molecule has 2 aromatic carbocycles. The van der Waals surface area contributed by atoms with Gasteiger partial charge in [0.2, 0.25) is 0 Å². The summed E-state index contributed by atoms with van der Waals surface area (Å²) in [6.07, 6.45) is 5.91. The first-order chi connectivity index (χ1) is 14.0. The monoisotopic (exact) mass is 566 g/mol. The van der Waals surface area contributed by atoms with Crippen LogP contribution in [0.4, 0.5) is 11.4 Å². The van der Waals surface area contributed by atoms with E-state index >= 15 is 0 Å². The third-order valence-corrected chi connectivity index (χ3v) is 6.03. The molecule has 8 heteroatoms. The van der Waals surface area contributed by atoms with Gasteiger partial charge >= 0.3 is 0 Å². The number of aromatic nitrogens is 2. The summed E-state index contributed by atoms with van der Waals surface area (Å²) >= 11 is 5.86. The van der Waals surface area contributed by atoms with Gasteiger partial charge in [0.1, 0.15) is 0 Å². The molecule has 3 aromatic rings. The lowest BCUT2D eigenvalue weighted by atomic mass is 10.1. The molecule has 1 saturated carbocycles. The summed E-state index contributed by atoms with van der Waals surface area (Å²) in [5, 5.41) is 7.72. The van der Waals surface area contributed by atoms with Gasteiger partial charge in [0, 0.05) is 26.1 Å². The number of carbonyl (C=O) groups excluding carboxylic acids is 1. The maximum absolute atomic E-state index is 12.8. The van der Waals surface area contributed by atoms with Crippen molar-refractivity contribution in [1.29, 1.82) is 0 Å². The number of halogens is 2. The Labute approximate surface area is 191 Å². The molecule has 1 fully saturated rings. The van der Waals surface area contributed by atoms with Gasteiger partial charge < -0.3 is 5.32 Å². The minimum atomic E-state index is -0.288. The Kier molecular flexibility index (Phi) is 6.21. The third-order valence-electron chi connectivity index (χ3n) is 4.72. The van der Waals surface area contributed by atoms with E-state index in [2.05, 4.69) is 60.5 Å². The minimum absolute atomic E-state index is 0.288. The lowest BCUT2D eigenvalue weighted by Gasteiger charge is -2.17. The second-order valence-corrected chi connectivity index (χ2v) is 9.17. The fourth-order valence-electron chi connectivity index (χ4n) is 2.92. The molecule has 0 aliphatic heterocycles. The van der Waals surface area contributed by atoms with E-state index in [1.807, 2.05) is 37.4 Å². The summed E-state index contributed by atoms with van der Waals surface area (Å²) < 4.78 is 3.67. The van der Waals surface area contributed by atoms with E-state index < -0.39 is 0 Å². The van der Waals surface area contributed by atoms with Gasteiger partial charge in [-0.2, -0.15) is 5.10 Å². The van der Waals surface area contributed by atoms with Crippen LogP contribution in [0.5, 0.6) is 0 Å². The summed E-state index contributed by atoms with van der Waals surface area (Å²) in [4.78, 5) is 18.2. The zero-order valence-corrected chi connectivity index (χ0v) is 19.5. The number of aryl methyl sites for hydroxylation is 1. The Bertz CT molecular complexity index is 1040. The summed E-state index contributed by atoms with van der Waals surface area (Å²) in [5.74, 6) is 0.278. The van der Waals surface area contributed by atoms with Crippen molar-refractivity contribution in [2.24, 2.45) is 5.92 Å². The smallest absolute Gasteiger partial charge is 0.276 e. The van der Waals surface area contributed by atoms with Crippen LogP contribution < -0.4 is 10.8 Å². The summed E-state index contributed by atoms with van der Waals surface area (Å²) in [7, 11) is 0. The number of carbonyl (C=O) groups is 1. The van der Waals surface area contributed by atoms with Crippen LogP contribution in [0, 0.1) is 16.4 Å². The average molecular weight is 567 g/mol. The van der Waals surface area contributed by atoms with Crippen molar-refractivity contribution in [3.05, 3.63) is 68.0 Å². The van der Waals surface area contributed by atoms with Crippen molar-refractivity contribution >= 4 is 55.8 Å². The first-order valence-corrected chi connectivity index (χ1v) is 11.2. The molecular formula is C21H20BrIN4O2. The molecule has 150 valence electrons. The highest BCUT2D eigenvalue weighted by Gasteiger charge is 2.23. The van der Waals surface area contributed by atoms with E-state index in [0.717, 1.165) is 25.0 Å². The summed E-state index contributed by atoms with van der Waals surface area (Å²) in [6.45, 7) is 2.59. The minimum Gasteiger partial charge on any atom is -0.355 e. The molecule has 4 rings (SSSR count). The molecule has 1 aromatic heterocycles. The Morgan fingerprint density at radius 2 is 2.14 bits per heavy atom. The van der Waals surface area contributed by atoms with Crippen LogP contribution in [-0.2, 0) is 4.84 Å². The first kappa shape index (κ1) is 20.4. The standard InChI is InChI=1S/C21H20BrIN4O2/c1-13-9-15(23)5-6-18(13)25-19-11-20(27-8-2-7-24-27)17(22)10-16(19)21(28)26-29-12-14-3-4-14/h2,5-11,14,25H,3-4,12H2,1H3,(H,26,28). The van der Waals surface area contributed by atoms with Crippen molar-refractivity contribution in [1.82, 2.24) is 15.3 Å². The van der Waals surface area contributed by atoms with Crippen LogP contribution in [0.25, 0.3) is 5.69 Å². The number of hydrogen-bond acceptors (Lipinski definition) is 4. The molecule has 0 radical (unpaired) electrons. The van der Waals surface area contributed by atoms with Crippen molar-refractivity contribution < 1.29 is 9.63 Å². The number of amides is 1. The van der Waals surface area contributed by atoms with Gasteiger partial charge in [-0.15, -0.1) is 0 Å². The lowest BCUT2D eigenvalue weighted by molar-refractivity contribution is 0.0271. The Morgan fingerprint density at radius 3 is 2.83 bits per heavy atom. The Balaban J connectivity index is 1.67. The van der Waals surface area contributed by atoms with Crippen LogP contribution in [0.3, 0.4) is 0 Å². The van der Waals surface area contributed by atoms with Crippen LogP contribution in [0.15, 0.2) is 53.3 Å². The fraction of sp³-hybridized carbons (Fsp3) is 0.238. The van der Waals surface area contributed by atoms with Gasteiger partial charge in [-0.1, -0.05) is 0 Å². The fourth-order valence-corrected chi connectivity index (χ4v) is 4.09. The van der Waals surface area contributed by atoms with E-state index in [9.17, 15) is 4.79 Å². The van der Waals surface area contributed by atoms with E-state index in [1.165, 1.54) is 12.8 Å². The first-order valence-electron chi connectivity index (χ1n) is 9.30. The number of hydrogen-bond donors (Lipinski definition) is 2. The third kappa shape index (κ3) is 4.99. The summed E-state index contributed by atoms with van der Waals surface area (Å²) in [5.41, 5.74) is 6.60. The van der Waals surface area contributed by atoms with Gasteiger partial charge in [0.05, 0.1) is 23.5 Å². The van der Waals surface area contributed by atoms with Gasteiger partial charge in [-0.25, -0.2) is 10.2 Å². The van der Waals surface area contributed by atoms with E-state index in [-0.39, 0.29) is 5.91 Å². The van der Waals surface area contributed by atoms with Gasteiger partial charge in [-0.05, 0) is 106 Å². The predicted molar refractivity (Wildman–Crippen MR) is 125 cm³/mol. The van der Waals surface area contributed by atoms with Crippen LogP contribution in [0.1, 0.15) is 28.8 Å². The zero-order chi connectivity index (χ0) is 20.4. The van der Waals surface area contributed by atoms with Crippen molar-refractivity contribution in [2.45, 2.75) is 19.8 Å². The lowest BCUT2D eigenvalue weighted by Crippen LogP contribution is -2.25. The topological polar surface area (TPSA) is 68.2 Å². The second-order valence-electron chi connectivity index (χ2n) is 7.07. The molecule has 2 N–H and O–H groups in total. The largest absolute Gasteiger partial charge is 0.355 e. The van der Waals surface area contributed by atoms with E-state index in [4.69, 9.17) is 4.84 Å². The quantitative estimate of drug-likeness (QED) is 0.298. The van der Waals surface area contributed by atoms with Crippen molar-refractivity contribution in [3.63, 3.8) is 0 Å². The highest BCUT2D eigenvalue weighted by atomic mass is 127. The second kappa shape index (κ2) is 8.85. The zero-order valence-electron chi connectivity index (χ0n) is 15.8. The van der Waals surface area contributed by atoms with Gasteiger partial charge in [0.15, 0.2) is 0 Å². The molecule has 0 bridgehead atoms. The SMILES string of the molecule is Cc1cc(I)ccc1Nc1cc(-n2cccn2)c(Br)cc1C(=O)NOCC1CC1. The molecule has 0 atom stereocenters. The molecule has 0 spiro atoms. The Hall–Kier alpha value is -1.91. The number of hydroxylamine groups is 1.